The first kappa shape index (κ1) is 19.3. The molecule has 3 fully saturated rings. The van der Waals surface area contributed by atoms with Crippen LogP contribution in [0.3, 0.4) is 0 Å². The number of anilines is 1. The number of halogens is 3. The van der Waals surface area contributed by atoms with Crippen LogP contribution in [-0.2, 0) is 10.9 Å². The van der Waals surface area contributed by atoms with Crippen molar-refractivity contribution in [2.75, 3.05) is 24.6 Å². The fraction of sp³-hybridized carbons (Fsp3) is 0.421. The second-order valence-electron chi connectivity index (χ2n) is 7.28. The lowest BCUT2D eigenvalue weighted by molar-refractivity contribution is -0.137. The minimum atomic E-state index is -4.82. The molecule has 3 aliphatic rings. The number of thiazole rings is 1. The molecule has 3 aromatic rings. The van der Waals surface area contributed by atoms with Crippen LogP contribution in [0.15, 0.2) is 22.1 Å². The molecule has 3 saturated heterocycles. The Morgan fingerprint density at radius 3 is 2.73 bits per heavy atom. The smallest absolute Gasteiger partial charge is 0.419 e. The Morgan fingerprint density at radius 1 is 1.40 bits per heavy atom. The van der Waals surface area contributed by atoms with Gasteiger partial charge >= 0.3 is 12.1 Å². The molecule has 158 valence electrons. The number of carbonyl (C=O) groups is 1. The summed E-state index contributed by atoms with van der Waals surface area (Å²) in [5.74, 6) is -1.06. The molecule has 6 rings (SSSR count). The average Bonchev–Trinajstić information content (AvgIpc) is 3.35. The lowest BCUT2D eigenvalue weighted by atomic mass is 9.92. The molecule has 30 heavy (non-hydrogen) atoms. The number of benzene rings is 1. The summed E-state index contributed by atoms with van der Waals surface area (Å²) >= 11 is 1.23. The highest BCUT2D eigenvalue weighted by Crippen LogP contribution is 2.43. The molecular weight excluding hydrogens is 421 g/mol. The molecule has 0 amide bonds. The van der Waals surface area contributed by atoms with Gasteiger partial charge in [-0.1, -0.05) is 0 Å². The number of piperidine rings is 1. The van der Waals surface area contributed by atoms with E-state index in [1.807, 2.05) is 4.90 Å². The van der Waals surface area contributed by atoms with Gasteiger partial charge < -0.3 is 19.4 Å². The highest BCUT2D eigenvalue weighted by molar-refractivity contribution is 7.13. The maximum atomic E-state index is 14.0. The minimum absolute atomic E-state index is 0.0347. The van der Waals surface area contributed by atoms with Crippen LogP contribution in [-0.4, -0.2) is 47.7 Å². The molecule has 3 aliphatic heterocycles. The average molecular weight is 438 g/mol. The van der Waals surface area contributed by atoms with E-state index < -0.39 is 28.8 Å². The fourth-order valence-corrected chi connectivity index (χ4v) is 4.70. The van der Waals surface area contributed by atoms with E-state index in [2.05, 4.69) is 15.3 Å². The third kappa shape index (κ3) is 3.12. The maximum absolute atomic E-state index is 14.0. The van der Waals surface area contributed by atoms with Crippen LogP contribution in [0.25, 0.3) is 21.7 Å². The summed E-state index contributed by atoms with van der Waals surface area (Å²) in [6, 6.07) is 1.81. The molecule has 5 heterocycles. The van der Waals surface area contributed by atoms with Gasteiger partial charge in [-0.25, -0.2) is 9.78 Å². The number of ether oxygens (including phenoxy) is 1. The molecule has 11 heteroatoms. The van der Waals surface area contributed by atoms with E-state index >= 15 is 0 Å². The monoisotopic (exact) mass is 438 g/mol. The molecular formula is C19H17F3N4O3S. The zero-order chi connectivity index (χ0) is 21.0. The first-order chi connectivity index (χ1) is 14.3. The number of rotatable bonds is 4. The lowest BCUT2D eigenvalue weighted by Gasteiger charge is -2.47. The van der Waals surface area contributed by atoms with Gasteiger partial charge in [0.2, 0.25) is 0 Å². The summed E-state index contributed by atoms with van der Waals surface area (Å²) in [4.78, 5) is 22.7. The number of fused-ring (bicyclic) bond motifs is 3. The maximum Gasteiger partial charge on any atom is 0.419 e. The minimum Gasteiger partial charge on any atom is -0.462 e. The van der Waals surface area contributed by atoms with Gasteiger partial charge in [-0.15, -0.1) is 11.3 Å². The molecule has 0 aliphatic carbocycles. The van der Waals surface area contributed by atoms with Crippen LogP contribution in [0.4, 0.5) is 19.2 Å². The number of piperazine rings is 1. The zero-order valence-electron chi connectivity index (χ0n) is 15.8. The van der Waals surface area contributed by atoms with Crippen molar-refractivity contribution in [1.29, 1.82) is 0 Å². The molecule has 1 N–H and O–H groups in total. The number of alkyl halides is 3. The second-order valence-corrected chi connectivity index (χ2v) is 8.17. The SMILES string of the molecule is CCOC(=O)c1cc(-c2nccs2)c2oc(N3CC4CC(C3)N4)nc2c1C(F)(F)F. The van der Waals surface area contributed by atoms with Crippen LogP contribution in [0.1, 0.15) is 29.3 Å². The number of esters is 1. The van der Waals surface area contributed by atoms with E-state index in [9.17, 15) is 18.0 Å². The third-order valence-electron chi connectivity index (χ3n) is 5.29. The molecule has 1 aromatic carbocycles. The van der Waals surface area contributed by atoms with Gasteiger partial charge in [0, 0.05) is 36.8 Å². The van der Waals surface area contributed by atoms with Crippen molar-refractivity contribution in [1.82, 2.24) is 15.3 Å². The third-order valence-corrected chi connectivity index (χ3v) is 6.10. The molecule has 7 nitrogen and oxygen atoms in total. The quantitative estimate of drug-likeness (QED) is 0.622. The number of nitrogens with one attached hydrogen (secondary N) is 1. The Balaban J connectivity index is 1.74. The summed E-state index contributed by atoms with van der Waals surface area (Å²) < 4.78 is 52.9. The van der Waals surface area contributed by atoms with Crippen molar-refractivity contribution >= 4 is 34.4 Å². The number of carbonyl (C=O) groups excluding carboxylic acids is 1. The van der Waals surface area contributed by atoms with Crippen LogP contribution in [0.2, 0.25) is 0 Å². The van der Waals surface area contributed by atoms with Crippen molar-refractivity contribution < 1.29 is 27.1 Å². The van der Waals surface area contributed by atoms with Crippen LogP contribution >= 0.6 is 11.3 Å². The van der Waals surface area contributed by atoms with Gasteiger partial charge in [0.15, 0.2) is 5.58 Å². The van der Waals surface area contributed by atoms with E-state index in [4.69, 9.17) is 9.15 Å². The van der Waals surface area contributed by atoms with Crippen molar-refractivity contribution in [2.24, 2.45) is 0 Å². The standard InChI is InChI=1S/C19H17F3N4O3S/c1-2-28-17(27)11-6-12(16-23-3-4-30-16)15-14(13(11)19(20,21)22)25-18(29-15)26-7-9-5-10(8-26)24-9/h3-4,6,9-10,24H,2,5,7-8H2,1H3. The summed E-state index contributed by atoms with van der Waals surface area (Å²) in [5, 5.41) is 5.49. The van der Waals surface area contributed by atoms with Crippen LogP contribution < -0.4 is 10.2 Å². The van der Waals surface area contributed by atoms with E-state index in [0.29, 0.717) is 18.1 Å². The van der Waals surface area contributed by atoms with Gasteiger partial charge in [-0.05, 0) is 19.4 Å². The highest BCUT2D eigenvalue weighted by Gasteiger charge is 2.42. The van der Waals surface area contributed by atoms with Gasteiger partial charge in [0.1, 0.15) is 10.5 Å². The van der Waals surface area contributed by atoms with Crippen molar-refractivity contribution in [2.45, 2.75) is 31.6 Å². The van der Waals surface area contributed by atoms with Gasteiger partial charge in [-0.2, -0.15) is 18.2 Å². The van der Waals surface area contributed by atoms with Gasteiger partial charge in [0.05, 0.1) is 23.3 Å². The molecule has 2 aromatic heterocycles. The number of aromatic nitrogens is 2. The Hall–Kier alpha value is -2.66. The van der Waals surface area contributed by atoms with Crippen molar-refractivity contribution in [3.63, 3.8) is 0 Å². The van der Waals surface area contributed by atoms with Gasteiger partial charge in [-0.3, -0.25) is 0 Å². The van der Waals surface area contributed by atoms with Crippen LogP contribution in [0.5, 0.6) is 0 Å². The van der Waals surface area contributed by atoms with E-state index in [-0.39, 0.29) is 35.9 Å². The van der Waals surface area contributed by atoms with E-state index in [1.54, 1.807) is 5.38 Å². The predicted molar refractivity (Wildman–Crippen MR) is 104 cm³/mol. The fourth-order valence-electron chi connectivity index (χ4n) is 4.05. The Labute approximate surface area is 172 Å². The molecule has 2 bridgehead atoms. The molecule has 2 unspecified atom stereocenters. The summed E-state index contributed by atoms with van der Waals surface area (Å²) in [6.45, 7) is 2.69. The Bertz CT molecular complexity index is 1100. The predicted octanol–water partition coefficient (Wildman–Crippen LogP) is 3.70. The second kappa shape index (κ2) is 6.95. The van der Waals surface area contributed by atoms with Gasteiger partial charge in [0.25, 0.3) is 6.01 Å². The number of hydrogen-bond donors (Lipinski definition) is 1. The number of oxazole rings is 1. The molecule has 0 spiro atoms. The summed E-state index contributed by atoms with van der Waals surface area (Å²) in [6.07, 6.45) is -2.25. The topological polar surface area (TPSA) is 80.5 Å². The van der Waals surface area contributed by atoms with Crippen LogP contribution in [0, 0.1) is 0 Å². The molecule has 0 radical (unpaired) electrons. The summed E-state index contributed by atoms with van der Waals surface area (Å²) in [5.41, 5.74) is -1.89. The Morgan fingerprint density at radius 2 is 2.13 bits per heavy atom. The van der Waals surface area contributed by atoms with E-state index in [0.717, 1.165) is 12.5 Å². The molecule has 2 atom stereocenters. The van der Waals surface area contributed by atoms with Crippen molar-refractivity contribution in [3.8, 4) is 10.6 Å². The van der Waals surface area contributed by atoms with E-state index in [1.165, 1.54) is 24.5 Å². The summed E-state index contributed by atoms with van der Waals surface area (Å²) in [7, 11) is 0. The first-order valence-electron chi connectivity index (χ1n) is 9.48. The van der Waals surface area contributed by atoms with Crippen molar-refractivity contribution in [3.05, 3.63) is 28.8 Å². The Kier molecular flexibility index (Phi) is 4.47. The number of hydrogen-bond acceptors (Lipinski definition) is 8. The first-order valence-corrected chi connectivity index (χ1v) is 10.4. The normalized spacial score (nSPS) is 21.0. The molecule has 0 saturated carbocycles. The lowest BCUT2D eigenvalue weighted by Crippen LogP contribution is -2.67. The number of nitrogens with zero attached hydrogens (tertiary/aromatic N) is 3. The highest BCUT2D eigenvalue weighted by atomic mass is 32.1. The largest absolute Gasteiger partial charge is 0.462 e. The zero-order valence-corrected chi connectivity index (χ0v) is 16.6.